The van der Waals surface area contributed by atoms with E-state index in [1.54, 1.807) is 0 Å². The number of oxazole rings is 1. The zero-order valence-corrected chi connectivity index (χ0v) is 20.5. The van der Waals surface area contributed by atoms with E-state index in [0.717, 1.165) is 59.4 Å². The first-order valence-corrected chi connectivity index (χ1v) is 12.7. The van der Waals surface area contributed by atoms with E-state index in [1.807, 2.05) is 42.5 Å². The van der Waals surface area contributed by atoms with Crippen LogP contribution in [0.3, 0.4) is 0 Å². The number of carbonyl (C=O) groups excluding carboxylic acids is 1. The van der Waals surface area contributed by atoms with Gasteiger partial charge in [-0.25, -0.2) is 9.97 Å². The van der Waals surface area contributed by atoms with E-state index >= 15 is 0 Å². The second kappa shape index (κ2) is 10.4. The molecule has 1 aliphatic rings. The number of pyridine rings is 1. The molecule has 186 valence electrons. The molecule has 0 unspecified atom stereocenters. The Kier molecular flexibility index (Phi) is 6.47. The van der Waals surface area contributed by atoms with Crippen LogP contribution in [0.25, 0.3) is 28.0 Å². The van der Waals surface area contributed by atoms with Gasteiger partial charge in [-0.05, 0) is 36.6 Å². The van der Waals surface area contributed by atoms with Crippen molar-refractivity contribution >= 4 is 33.9 Å². The average Bonchev–Trinajstić information content (AvgIpc) is 3.58. The zero-order valence-electron chi connectivity index (χ0n) is 20.5. The third kappa shape index (κ3) is 5.01. The number of hydrogen-bond acceptors (Lipinski definition) is 6. The van der Waals surface area contributed by atoms with Crippen molar-refractivity contribution in [2.45, 2.75) is 32.2 Å². The number of H-pyrrole nitrogens is 1. The molecule has 1 aliphatic carbocycles. The van der Waals surface area contributed by atoms with E-state index in [0.29, 0.717) is 25.4 Å². The zero-order chi connectivity index (χ0) is 25.0. The second-order valence-electron chi connectivity index (χ2n) is 9.17. The minimum Gasteiger partial charge on any atom is -0.448 e. The first-order valence-electron chi connectivity index (χ1n) is 12.7. The molecule has 0 spiro atoms. The van der Waals surface area contributed by atoms with Gasteiger partial charge in [0.25, 0.3) is 5.91 Å². The van der Waals surface area contributed by atoms with E-state index in [1.165, 1.54) is 17.2 Å². The lowest BCUT2D eigenvalue weighted by atomic mass is 9.92. The smallest absolute Gasteiger partial charge is 0.273 e. The summed E-state index contributed by atoms with van der Waals surface area (Å²) >= 11 is 0. The molecule has 0 bridgehead atoms. The van der Waals surface area contributed by atoms with Crippen molar-refractivity contribution in [3.05, 3.63) is 95.1 Å². The number of aromatic nitrogens is 4. The Bertz CT molecular complexity index is 1570. The van der Waals surface area contributed by atoms with Gasteiger partial charge in [0.15, 0.2) is 11.6 Å². The van der Waals surface area contributed by atoms with Crippen LogP contribution in [-0.4, -0.2) is 38.9 Å². The van der Waals surface area contributed by atoms with Crippen molar-refractivity contribution in [2.75, 3.05) is 13.1 Å². The van der Waals surface area contributed by atoms with Crippen molar-refractivity contribution in [2.24, 2.45) is 0 Å². The van der Waals surface area contributed by atoms with Crippen molar-refractivity contribution in [1.82, 2.24) is 30.6 Å². The number of allylic oxidation sites excluding steroid dienone is 1. The molecule has 3 heterocycles. The summed E-state index contributed by atoms with van der Waals surface area (Å²) in [5.41, 5.74) is 6.55. The van der Waals surface area contributed by atoms with Crippen LogP contribution >= 0.6 is 0 Å². The Hall–Kier alpha value is -4.30. The van der Waals surface area contributed by atoms with Gasteiger partial charge in [-0.3, -0.25) is 9.78 Å². The van der Waals surface area contributed by atoms with Crippen molar-refractivity contribution < 1.29 is 9.21 Å². The Balaban J connectivity index is 1.01. The molecule has 0 saturated carbocycles. The van der Waals surface area contributed by atoms with Gasteiger partial charge in [0.1, 0.15) is 12.1 Å². The van der Waals surface area contributed by atoms with Crippen molar-refractivity contribution in [1.29, 1.82) is 0 Å². The number of rotatable bonds is 9. The first kappa shape index (κ1) is 23.1. The number of amides is 1. The first-order chi connectivity index (χ1) is 18.2. The van der Waals surface area contributed by atoms with Crippen LogP contribution < -0.4 is 10.6 Å². The number of fused-ring (bicyclic) bond motifs is 4. The predicted octanol–water partition coefficient (Wildman–Crippen LogP) is 4.36. The van der Waals surface area contributed by atoms with Crippen molar-refractivity contribution in [3.63, 3.8) is 0 Å². The van der Waals surface area contributed by atoms with Crippen LogP contribution in [0.4, 0.5) is 0 Å². The van der Waals surface area contributed by atoms with E-state index < -0.39 is 0 Å². The number of nitrogens with one attached hydrogen (secondary N) is 3. The van der Waals surface area contributed by atoms with Gasteiger partial charge in [0.2, 0.25) is 0 Å². The number of hydrogen-bond donors (Lipinski definition) is 3. The summed E-state index contributed by atoms with van der Waals surface area (Å²) in [6, 6.07) is 16.2. The number of para-hydroxylation sites is 3. The molecule has 0 aliphatic heterocycles. The van der Waals surface area contributed by atoms with Gasteiger partial charge >= 0.3 is 0 Å². The largest absolute Gasteiger partial charge is 0.448 e. The van der Waals surface area contributed by atoms with E-state index in [-0.39, 0.29) is 11.6 Å². The summed E-state index contributed by atoms with van der Waals surface area (Å²) < 4.78 is 5.53. The van der Waals surface area contributed by atoms with Gasteiger partial charge < -0.3 is 20.0 Å². The monoisotopic (exact) mass is 492 g/mol. The highest BCUT2D eigenvalue weighted by molar-refractivity contribution is 5.92. The molecule has 2 aromatic carbocycles. The Morgan fingerprint density at radius 2 is 1.81 bits per heavy atom. The molecular weight excluding hydrogens is 464 g/mol. The van der Waals surface area contributed by atoms with Gasteiger partial charge in [-0.2, -0.15) is 0 Å². The maximum Gasteiger partial charge on any atom is 0.273 e. The number of imidazole rings is 1. The Morgan fingerprint density at radius 3 is 2.73 bits per heavy atom. The van der Waals surface area contributed by atoms with Gasteiger partial charge in [0.05, 0.1) is 28.8 Å². The van der Waals surface area contributed by atoms with Crippen LogP contribution in [0.1, 0.15) is 45.4 Å². The summed E-state index contributed by atoms with van der Waals surface area (Å²) in [7, 11) is 0. The third-order valence-electron chi connectivity index (χ3n) is 6.66. The molecule has 3 aromatic heterocycles. The average molecular weight is 493 g/mol. The fourth-order valence-electron chi connectivity index (χ4n) is 4.82. The number of aryl methyl sites for hydroxylation is 1. The highest BCUT2D eigenvalue weighted by Crippen LogP contribution is 2.29. The predicted molar refractivity (Wildman–Crippen MR) is 143 cm³/mol. The molecule has 0 saturated heterocycles. The Labute approximate surface area is 214 Å². The SMILES string of the molecule is O=C(NCc1nc2ccccc2c2c1C=CCC2)c1coc(CCNCCc2nc3ccccc3[nH]2)n1. The van der Waals surface area contributed by atoms with Gasteiger partial charge in [0, 0.05) is 36.9 Å². The summed E-state index contributed by atoms with van der Waals surface area (Å²) in [5, 5.41) is 7.53. The molecule has 37 heavy (non-hydrogen) atoms. The van der Waals surface area contributed by atoms with Crippen LogP contribution in [0, 0.1) is 0 Å². The minimum atomic E-state index is -0.267. The van der Waals surface area contributed by atoms with Gasteiger partial charge in [-0.1, -0.05) is 42.5 Å². The molecule has 6 rings (SSSR count). The molecule has 8 nitrogen and oxygen atoms in total. The molecule has 3 N–H and O–H groups in total. The van der Waals surface area contributed by atoms with Crippen LogP contribution in [0.2, 0.25) is 0 Å². The maximum atomic E-state index is 12.8. The van der Waals surface area contributed by atoms with E-state index in [9.17, 15) is 4.79 Å². The molecular formula is C29H28N6O2. The fourth-order valence-corrected chi connectivity index (χ4v) is 4.82. The number of carbonyl (C=O) groups is 1. The lowest BCUT2D eigenvalue weighted by Gasteiger charge is -2.17. The van der Waals surface area contributed by atoms with Crippen LogP contribution in [0.15, 0.2) is 65.3 Å². The highest BCUT2D eigenvalue weighted by Gasteiger charge is 2.17. The van der Waals surface area contributed by atoms with Crippen LogP contribution in [0.5, 0.6) is 0 Å². The Morgan fingerprint density at radius 1 is 0.973 bits per heavy atom. The molecule has 5 aromatic rings. The van der Waals surface area contributed by atoms with Gasteiger partial charge in [-0.15, -0.1) is 0 Å². The number of aromatic amines is 1. The summed E-state index contributed by atoms with van der Waals surface area (Å²) in [6.07, 6.45) is 9.10. The number of nitrogens with zero attached hydrogens (tertiary/aromatic N) is 3. The fraction of sp³-hybridized carbons (Fsp3) is 0.241. The third-order valence-corrected chi connectivity index (χ3v) is 6.66. The highest BCUT2D eigenvalue weighted by atomic mass is 16.3. The molecule has 8 heteroatoms. The minimum absolute atomic E-state index is 0.267. The maximum absolute atomic E-state index is 12.8. The second-order valence-corrected chi connectivity index (χ2v) is 9.17. The lowest BCUT2D eigenvalue weighted by Crippen LogP contribution is -2.25. The molecule has 0 atom stereocenters. The standard InChI is InChI=1S/C29H28N6O2/c36-29(31-17-25-21-9-2-1-7-19(21)20-8-3-4-10-22(20)32-25)26-18-37-28(35-26)14-16-30-15-13-27-33-23-11-5-6-12-24(23)34-27/h2-6,8-12,18,30H,1,7,13-17H2,(H,31,36)(H,33,34). The lowest BCUT2D eigenvalue weighted by molar-refractivity contribution is 0.0945. The quantitative estimate of drug-likeness (QED) is 0.264. The van der Waals surface area contributed by atoms with Crippen molar-refractivity contribution in [3.8, 4) is 0 Å². The number of benzene rings is 2. The van der Waals surface area contributed by atoms with E-state index in [2.05, 4.69) is 43.8 Å². The molecule has 0 radical (unpaired) electrons. The summed E-state index contributed by atoms with van der Waals surface area (Å²) in [5.74, 6) is 1.23. The topological polar surface area (TPSA) is 109 Å². The molecule has 0 fully saturated rings. The van der Waals surface area contributed by atoms with E-state index in [4.69, 9.17) is 9.40 Å². The molecule has 1 amide bonds. The summed E-state index contributed by atoms with van der Waals surface area (Å²) in [4.78, 5) is 29.9. The summed E-state index contributed by atoms with van der Waals surface area (Å²) in [6.45, 7) is 1.81. The normalized spacial score (nSPS) is 12.8. The van der Waals surface area contributed by atoms with Crippen LogP contribution in [-0.2, 0) is 25.8 Å².